The van der Waals surface area contributed by atoms with E-state index >= 15 is 0 Å². The summed E-state index contributed by atoms with van der Waals surface area (Å²) in [7, 11) is 0. The Kier molecular flexibility index (Phi) is 4.42. The quantitative estimate of drug-likeness (QED) is 0.619. The van der Waals surface area contributed by atoms with Gasteiger partial charge in [-0.2, -0.15) is 0 Å². The van der Waals surface area contributed by atoms with Gasteiger partial charge in [0, 0.05) is 6.54 Å². The average Bonchev–Trinajstić information content (AvgIpc) is 2.64. The second kappa shape index (κ2) is 5.88. The summed E-state index contributed by atoms with van der Waals surface area (Å²) in [6.07, 6.45) is 1.92. The molecule has 2 nitrogen and oxygen atoms in total. The Morgan fingerprint density at radius 1 is 1.32 bits per heavy atom. The molecule has 1 aliphatic heterocycles. The van der Waals surface area contributed by atoms with Gasteiger partial charge in [-0.25, -0.2) is 0 Å². The number of hydrogen-bond acceptors (Lipinski definition) is 3. The molecule has 1 heterocycles. The van der Waals surface area contributed by atoms with Gasteiger partial charge in [0.15, 0.2) is 0 Å². The number of nitrogens with zero attached hydrogens (tertiary/aromatic N) is 1. The Labute approximate surface area is 123 Å². The third-order valence-electron chi connectivity index (χ3n) is 3.09. The van der Waals surface area contributed by atoms with Gasteiger partial charge in [0.1, 0.15) is 4.32 Å². The fourth-order valence-electron chi connectivity index (χ4n) is 1.90. The summed E-state index contributed by atoms with van der Waals surface area (Å²) in [5.41, 5.74) is 2.35. The Morgan fingerprint density at radius 2 is 1.95 bits per heavy atom. The van der Waals surface area contributed by atoms with Crippen molar-refractivity contribution in [3.8, 4) is 0 Å². The van der Waals surface area contributed by atoms with Crippen LogP contribution >= 0.6 is 24.0 Å². The molecule has 1 fully saturated rings. The number of likely N-dealkylation sites (N-methyl/N-ethyl adjacent to an activating group) is 1. The lowest BCUT2D eigenvalue weighted by molar-refractivity contribution is -0.121. The van der Waals surface area contributed by atoms with Gasteiger partial charge >= 0.3 is 0 Å². The van der Waals surface area contributed by atoms with Gasteiger partial charge in [0.2, 0.25) is 0 Å². The molecular weight excluding hydrogens is 274 g/mol. The summed E-state index contributed by atoms with van der Waals surface area (Å²) >= 11 is 6.57. The number of rotatable bonds is 3. The van der Waals surface area contributed by atoms with Gasteiger partial charge in [0.05, 0.1) is 4.91 Å². The Morgan fingerprint density at radius 3 is 2.42 bits per heavy atom. The van der Waals surface area contributed by atoms with Crippen LogP contribution in [0.5, 0.6) is 0 Å². The van der Waals surface area contributed by atoms with Crippen molar-refractivity contribution in [2.24, 2.45) is 0 Å². The van der Waals surface area contributed by atoms with E-state index in [9.17, 15) is 4.79 Å². The van der Waals surface area contributed by atoms with Crippen molar-refractivity contribution in [3.63, 3.8) is 0 Å². The highest BCUT2D eigenvalue weighted by molar-refractivity contribution is 8.26. The Bertz CT molecular complexity index is 532. The van der Waals surface area contributed by atoms with E-state index in [2.05, 4.69) is 26.0 Å². The van der Waals surface area contributed by atoms with E-state index < -0.39 is 0 Å². The molecule has 0 unspecified atom stereocenters. The van der Waals surface area contributed by atoms with E-state index in [4.69, 9.17) is 12.2 Å². The summed E-state index contributed by atoms with van der Waals surface area (Å²) in [6.45, 7) is 6.90. The number of amides is 1. The average molecular weight is 291 g/mol. The number of thiocarbonyl (C=S) groups is 1. The van der Waals surface area contributed by atoms with Crippen LogP contribution in [0.2, 0.25) is 0 Å². The van der Waals surface area contributed by atoms with Crippen LogP contribution in [0.3, 0.4) is 0 Å². The first kappa shape index (κ1) is 14.3. The van der Waals surface area contributed by atoms with E-state index in [1.165, 1.54) is 17.3 Å². The van der Waals surface area contributed by atoms with Crippen molar-refractivity contribution < 1.29 is 4.79 Å². The Balaban J connectivity index is 2.22. The molecular formula is C15H17NOS2. The van der Waals surface area contributed by atoms with Crippen molar-refractivity contribution in [1.29, 1.82) is 0 Å². The monoisotopic (exact) mass is 291 g/mol. The zero-order valence-electron chi connectivity index (χ0n) is 11.3. The molecule has 19 heavy (non-hydrogen) atoms. The summed E-state index contributed by atoms with van der Waals surface area (Å²) in [4.78, 5) is 14.4. The van der Waals surface area contributed by atoms with Crippen LogP contribution in [0.4, 0.5) is 0 Å². The van der Waals surface area contributed by atoms with E-state index in [1.807, 2.05) is 25.1 Å². The van der Waals surface area contributed by atoms with Gasteiger partial charge in [-0.15, -0.1) is 0 Å². The zero-order chi connectivity index (χ0) is 14.0. The minimum Gasteiger partial charge on any atom is -0.293 e. The van der Waals surface area contributed by atoms with Gasteiger partial charge in [0.25, 0.3) is 5.91 Å². The molecule has 100 valence electrons. The maximum absolute atomic E-state index is 12.1. The second-order valence-corrected chi connectivity index (χ2v) is 6.42. The molecule has 1 saturated heterocycles. The van der Waals surface area contributed by atoms with E-state index in [0.717, 1.165) is 5.56 Å². The first-order valence-corrected chi connectivity index (χ1v) is 7.60. The SMILES string of the molecule is CCN1C(=O)/C(=C\c2ccc(C(C)C)cc2)SC1=S. The predicted octanol–water partition coefficient (Wildman–Crippen LogP) is 4.03. The lowest BCUT2D eigenvalue weighted by atomic mass is 10.0. The molecule has 0 aliphatic carbocycles. The largest absolute Gasteiger partial charge is 0.293 e. The van der Waals surface area contributed by atoms with Crippen molar-refractivity contribution in [2.45, 2.75) is 26.7 Å². The molecule has 2 rings (SSSR count). The summed E-state index contributed by atoms with van der Waals surface area (Å²) in [5, 5.41) is 0. The summed E-state index contributed by atoms with van der Waals surface area (Å²) in [6, 6.07) is 8.32. The van der Waals surface area contributed by atoms with E-state index in [0.29, 0.717) is 21.7 Å². The highest BCUT2D eigenvalue weighted by Crippen LogP contribution is 2.32. The molecule has 0 N–H and O–H groups in total. The molecule has 1 aromatic rings. The first-order chi connectivity index (χ1) is 9.02. The van der Waals surface area contributed by atoms with E-state index in [-0.39, 0.29) is 5.91 Å². The maximum Gasteiger partial charge on any atom is 0.266 e. The van der Waals surface area contributed by atoms with Crippen molar-refractivity contribution in [3.05, 3.63) is 40.3 Å². The smallest absolute Gasteiger partial charge is 0.266 e. The minimum atomic E-state index is 0.0189. The number of carbonyl (C=O) groups is 1. The summed E-state index contributed by atoms with van der Waals surface area (Å²) < 4.78 is 0.651. The van der Waals surface area contributed by atoms with Crippen LogP contribution in [0.15, 0.2) is 29.2 Å². The first-order valence-electron chi connectivity index (χ1n) is 6.38. The van der Waals surface area contributed by atoms with Crippen LogP contribution in [0, 0.1) is 0 Å². The third kappa shape index (κ3) is 3.07. The predicted molar refractivity (Wildman–Crippen MR) is 86.1 cm³/mol. The van der Waals surface area contributed by atoms with Gasteiger partial charge in [-0.05, 0) is 30.0 Å². The molecule has 0 spiro atoms. The molecule has 1 aliphatic rings. The van der Waals surface area contributed by atoms with Gasteiger partial charge < -0.3 is 0 Å². The molecule has 4 heteroatoms. The number of benzene rings is 1. The lowest BCUT2D eigenvalue weighted by Crippen LogP contribution is -2.27. The van der Waals surface area contributed by atoms with Crippen molar-refractivity contribution in [1.82, 2.24) is 4.90 Å². The van der Waals surface area contributed by atoms with Crippen LogP contribution in [-0.2, 0) is 4.79 Å². The van der Waals surface area contributed by atoms with Crippen LogP contribution < -0.4 is 0 Å². The molecule has 0 radical (unpaired) electrons. The van der Waals surface area contributed by atoms with Crippen molar-refractivity contribution in [2.75, 3.05) is 6.54 Å². The molecule has 0 atom stereocenters. The van der Waals surface area contributed by atoms with Gasteiger partial charge in [-0.1, -0.05) is 62.1 Å². The van der Waals surface area contributed by atoms with Crippen LogP contribution in [0.1, 0.15) is 37.8 Å². The normalized spacial score (nSPS) is 17.9. The fourth-order valence-corrected chi connectivity index (χ4v) is 3.29. The maximum atomic E-state index is 12.1. The lowest BCUT2D eigenvalue weighted by Gasteiger charge is -2.09. The molecule has 1 aromatic carbocycles. The topological polar surface area (TPSA) is 20.3 Å². The van der Waals surface area contributed by atoms with Crippen LogP contribution in [0.25, 0.3) is 6.08 Å². The third-order valence-corrected chi connectivity index (χ3v) is 4.47. The molecule has 1 amide bonds. The van der Waals surface area contributed by atoms with E-state index in [1.54, 1.807) is 4.90 Å². The fraction of sp³-hybridized carbons (Fsp3) is 0.333. The summed E-state index contributed by atoms with van der Waals surface area (Å²) in [5.74, 6) is 0.540. The zero-order valence-corrected chi connectivity index (χ0v) is 13.0. The van der Waals surface area contributed by atoms with Gasteiger partial charge in [-0.3, -0.25) is 9.69 Å². The second-order valence-electron chi connectivity index (χ2n) is 4.75. The Hall–Kier alpha value is -1.13. The van der Waals surface area contributed by atoms with Crippen molar-refractivity contribution >= 4 is 40.3 Å². The number of carbonyl (C=O) groups excluding carboxylic acids is 1. The number of hydrogen-bond donors (Lipinski definition) is 0. The number of thioether (sulfide) groups is 1. The standard InChI is InChI=1S/C15H17NOS2/c1-4-16-14(17)13(19-15(16)18)9-11-5-7-12(8-6-11)10(2)3/h5-10H,4H2,1-3H3/b13-9+. The highest BCUT2D eigenvalue weighted by atomic mass is 32.2. The highest BCUT2D eigenvalue weighted by Gasteiger charge is 2.30. The minimum absolute atomic E-state index is 0.0189. The van der Waals surface area contributed by atoms with Crippen LogP contribution in [-0.4, -0.2) is 21.7 Å². The molecule has 0 saturated carbocycles. The molecule has 0 aromatic heterocycles. The molecule has 0 bridgehead atoms.